The van der Waals surface area contributed by atoms with Gasteiger partial charge < -0.3 is 19.1 Å². The fraction of sp³-hybridized carbons (Fsp3) is 0.533. The van der Waals surface area contributed by atoms with Gasteiger partial charge in [0, 0.05) is 27.8 Å². The van der Waals surface area contributed by atoms with Crippen LogP contribution in [-0.2, 0) is 14.2 Å². The Morgan fingerprint density at radius 2 is 2.18 bits per heavy atom. The van der Waals surface area contributed by atoms with Crippen molar-refractivity contribution in [1.29, 1.82) is 0 Å². The maximum absolute atomic E-state index is 14.3. The minimum absolute atomic E-state index is 0.322. The predicted octanol–water partition coefficient (Wildman–Crippen LogP) is 1.88. The summed E-state index contributed by atoms with van der Waals surface area (Å²) in [5.41, 5.74) is 0.937. The van der Waals surface area contributed by atoms with Crippen molar-refractivity contribution in [2.24, 2.45) is 0 Å². The van der Waals surface area contributed by atoms with E-state index in [2.05, 4.69) is 0 Å². The molecule has 0 aromatic heterocycles. The standard InChI is InChI=1S/C15H21FN2O4/c1-17(6-7-20-2)14-5-4-11(8-13(14)16)18-9-12(10-21-3)22-15(18)19/h4-5,8,12H,6-7,9-10H2,1-3H3/t12-/m1/s1. The van der Waals surface area contributed by atoms with Crippen molar-refractivity contribution in [1.82, 2.24) is 0 Å². The average Bonchev–Trinajstić information content (AvgIpc) is 2.85. The summed E-state index contributed by atoms with van der Waals surface area (Å²) < 4.78 is 29.4. The summed E-state index contributed by atoms with van der Waals surface area (Å²) in [5.74, 6) is -0.390. The van der Waals surface area contributed by atoms with E-state index in [4.69, 9.17) is 14.2 Å². The fourth-order valence-electron chi connectivity index (χ4n) is 2.33. The molecule has 1 aliphatic heterocycles. The first-order chi connectivity index (χ1) is 10.6. The van der Waals surface area contributed by atoms with Crippen molar-refractivity contribution < 1.29 is 23.4 Å². The lowest BCUT2D eigenvalue weighted by Gasteiger charge is -2.21. The van der Waals surface area contributed by atoms with Crippen molar-refractivity contribution in [2.75, 3.05) is 57.4 Å². The zero-order chi connectivity index (χ0) is 16.1. The lowest BCUT2D eigenvalue weighted by Crippen LogP contribution is -2.26. The number of anilines is 2. The quantitative estimate of drug-likeness (QED) is 0.769. The molecule has 0 spiro atoms. The highest BCUT2D eigenvalue weighted by atomic mass is 19.1. The number of carbonyl (C=O) groups is 1. The van der Waals surface area contributed by atoms with E-state index in [1.807, 2.05) is 0 Å². The first-order valence-electron chi connectivity index (χ1n) is 7.03. The van der Waals surface area contributed by atoms with Crippen LogP contribution in [0.25, 0.3) is 0 Å². The Morgan fingerprint density at radius 3 is 2.82 bits per heavy atom. The highest BCUT2D eigenvalue weighted by molar-refractivity contribution is 5.90. The Labute approximate surface area is 129 Å². The minimum atomic E-state index is -0.484. The van der Waals surface area contributed by atoms with Crippen LogP contribution in [0.2, 0.25) is 0 Å². The van der Waals surface area contributed by atoms with Gasteiger partial charge in [-0.2, -0.15) is 0 Å². The van der Waals surface area contributed by atoms with Gasteiger partial charge in [-0.05, 0) is 18.2 Å². The predicted molar refractivity (Wildman–Crippen MR) is 81.0 cm³/mol. The van der Waals surface area contributed by atoms with Crippen LogP contribution in [0.5, 0.6) is 0 Å². The molecule has 7 heteroatoms. The molecular formula is C15H21FN2O4. The molecule has 1 atom stereocenters. The molecule has 2 rings (SSSR count). The van der Waals surface area contributed by atoms with Crippen molar-refractivity contribution in [3.63, 3.8) is 0 Å². The van der Waals surface area contributed by atoms with E-state index in [1.165, 1.54) is 11.0 Å². The molecule has 1 aromatic rings. The van der Waals surface area contributed by atoms with Gasteiger partial charge in [-0.3, -0.25) is 4.90 Å². The lowest BCUT2D eigenvalue weighted by atomic mass is 10.2. The van der Waals surface area contributed by atoms with Gasteiger partial charge in [-0.1, -0.05) is 0 Å². The maximum Gasteiger partial charge on any atom is 0.414 e. The summed E-state index contributed by atoms with van der Waals surface area (Å²) in [5, 5.41) is 0. The normalized spacial score (nSPS) is 17.7. The molecule has 1 aromatic carbocycles. The zero-order valence-electron chi connectivity index (χ0n) is 13.0. The summed E-state index contributed by atoms with van der Waals surface area (Å²) in [6.07, 6.45) is -0.813. The highest BCUT2D eigenvalue weighted by Gasteiger charge is 2.32. The monoisotopic (exact) mass is 312 g/mol. The Bertz CT molecular complexity index is 526. The third-order valence-corrected chi connectivity index (χ3v) is 3.51. The minimum Gasteiger partial charge on any atom is -0.441 e. The van der Waals surface area contributed by atoms with Gasteiger partial charge >= 0.3 is 6.09 Å². The van der Waals surface area contributed by atoms with Crippen LogP contribution < -0.4 is 9.80 Å². The molecule has 6 nitrogen and oxygen atoms in total. The molecule has 1 saturated heterocycles. The number of ether oxygens (including phenoxy) is 3. The topological polar surface area (TPSA) is 51.2 Å². The molecule has 0 aliphatic carbocycles. The van der Waals surface area contributed by atoms with Gasteiger partial charge in [0.25, 0.3) is 0 Å². The molecule has 0 radical (unpaired) electrons. The summed E-state index contributed by atoms with van der Waals surface area (Å²) in [4.78, 5) is 15.0. The number of halogens is 1. The number of hydrogen-bond acceptors (Lipinski definition) is 5. The number of rotatable bonds is 7. The second-order valence-electron chi connectivity index (χ2n) is 5.12. The van der Waals surface area contributed by atoms with Crippen molar-refractivity contribution in [3.05, 3.63) is 24.0 Å². The molecule has 122 valence electrons. The van der Waals surface area contributed by atoms with E-state index >= 15 is 0 Å². The summed E-state index contributed by atoms with van der Waals surface area (Å²) in [6, 6.07) is 4.70. The van der Waals surface area contributed by atoms with Crippen LogP contribution in [0.1, 0.15) is 0 Å². The summed E-state index contributed by atoms with van der Waals surface area (Å²) in [7, 11) is 4.93. The largest absolute Gasteiger partial charge is 0.441 e. The Kier molecular flexibility index (Phi) is 5.57. The van der Waals surface area contributed by atoms with Crippen molar-refractivity contribution >= 4 is 17.5 Å². The Balaban J connectivity index is 2.10. The molecule has 1 aliphatic rings. The second kappa shape index (κ2) is 7.42. The third kappa shape index (κ3) is 3.66. The number of likely N-dealkylation sites (N-methyl/N-ethyl adjacent to an activating group) is 1. The molecule has 1 heterocycles. The fourth-order valence-corrected chi connectivity index (χ4v) is 2.33. The van der Waals surface area contributed by atoms with Crippen LogP contribution in [0.3, 0.4) is 0 Å². The lowest BCUT2D eigenvalue weighted by molar-refractivity contribution is 0.0718. The number of methoxy groups -OCH3 is 2. The van der Waals surface area contributed by atoms with E-state index in [0.717, 1.165) is 0 Å². The molecule has 0 unspecified atom stereocenters. The molecule has 0 N–H and O–H groups in total. The van der Waals surface area contributed by atoms with Gasteiger partial charge in [0.05, 0.1) is 31.1 Å². The SMILES string of the molecule is COCCN(C)c1ccc(N2C[C@H](COC)OC2=O)cc1F. The van der Waals surface area contributed by atoms with E-state index < -0.39 is 6.09 Å². The molecule has 22 heavy (non-hydrogen) atoms. The number of hydrogen-bond donors (Lipinski definition) is 0. The van der Waals surface area contributed by atoms with Gasteiger partial charge in [0.1, 0.15) is 11.9 Å². The van der Waals surface area contributed by atoms with Crippen LogP contribution in [0.4, 0.5) is 20.6 Å². The van der Waals surface area contributed by atoms with Crippen molar-refractivity contribution in [3.8, 4) is 0 Å². The van der Waals surface area contributed by atoms with E-state index in [9.17, 15) is 9.18 Å². The van der Waals surface area contributed by atoms with Crippen LogP contribution in [-0.4, -0.2) is 59.8 Å². The average molecular weight is 312 g/mol. The first-order valence-corrected chi connectivity index (χ1v) is 7.03. The number of carbonyl (C=O) groups excluding carboxylic acids is 1. The summed E-state index contributed by atoms with van der Waals surface area (Å²) >= 11 is 0. The smallest absolute Gasteiger partial charge is 0.414 e. The zero-order valence-corrected chi connectivity index (χ0v) is 13.0. The number of benzene rings is 1. The van der Waals surface area contributed by atoms with Crippen LogP contribution in [0.15, 0.2) is 18.2 Å². The van der Waals surface area contributed by atoms with E-state index in [0.29, 0.717) is 37.7 Å². The number of nitrogens with zero attached hydrogens (tertiary/aromatic N) is 2. The third-order valence-electron chi connectivity index (χ3n) is 3.51. The van der Waals surface area contributed by atoms with Gasteiger partial charge in [-0.15, -0.1) is 0 Å². The van der Waals surface area contributed by atoms with E-state index in [-0.39, 0.29) is 11.9 Å². The van der Waals surface area contributed by atoms with Crippen molar-refractivity contribution in [2.45, 2.75) is 6.10 Å². The molecule has 1 amide bonds. The molecule has 0 saturated carbocycles. The number of amides is 1. The summed E-state index contributed by atoms with van der Waals surface area (Å²) in [6.45, 7) is 1.76. The Hall–Kier alpha value is -1.86. The molecule has 0 bridgehead atoms. The maximum atomic E-state index is 14.3. The van der Waals surface area contributed by atoms with Gasteiger partial charge in [0.2, 0.25) is 0 Å². The van der Waals surface area contributed by atoms with Gasteiger partial charge in [0.15, 0.2) is 0 Å². The van der Waals surface area contributed by atoms with E-state index in [1.54, 1.807) is 38.3 Å². The van der Waals surface area contributed by atoms with Crippen LogP contribution in [0, 0.1) is 5.82 Å². The molecule has 1 fully saturated rings. The number of cyclic esters (lactones) is 1. The highest BCUT2D eigenvalue weighted by Crippen LogP contribution is 2.27. The van der Waals surface area contributed by atoms with Gasteiger partial charge in [-0.25, -0.2) is 9.18 Å². The molecular weight excluding hydrogens is 291 g/mol. The Morgan fingerprint density at radius 1 is 1.41 bits per heavy atom. The van der Waals surface area contributed by atoms with Crippen LogP contribution >= 0.6 is 0 Å². The second-order valence-corrected chi connectivity index (χ2v) is 5.12. The first kappa shape index (κ1) is 16.5.